The fraction of sp³-hybridized carbons (Fsp3) is 0.290. The lowest BCUT2D eigenvalue weighted by Gasteiger charge is -2.32. The van der Waals surface area contributed by atoms with E-state index in [9.17, 15) is 8.78 Å². The van der Waals surface area contributed by atoms with E-state index in [-0.39, 0.29) is 6.04 Å². The molecule has 3 aliphatic rings. The van der Waals surface area contributed by atoms with Crippen molar-refractivity contribution in [3.8, 4) is 0 Å². The van der Waals surface area contributed by atoms with E-state index >= 15 is 0 Å². The number of pyridine rings is 1. The third-order valence-electron chi connectivity index (χ3n) is 8.23. The summed E-state index contributed by atoms with van der Waals surface area (Å²) >= 11 is 0. The smallest absolute Gasteiger partial charge is 0.201 e. The molecule has 6 heteroatoms. The number of nitrogens with zero attached hydrogens (tertiary/aromatic N) is 2. The molecule has 0 saturated heterocycles. The first-order valence-electron chi connectivity index (χ1n) is 13.3. The van der Waals surface area contributed by atoms with E-state index in [0.29, 0.717) is 24.5 Å². The zero-order valence-electron chi connectivity index (χ0n) is 21.1. The molecule has 1 fully saturated rings. The highest BCUT2D eigenvalue weighted by Gasteiger charge is 2.35. The summed E-state index contributed by atoms with van der Waals surface area (Å²) in [5, 5.41) is 1.03. The predicted molar refractivity (Wildman–Crippen MR) is 150 cm³/mol. The Kier molecular flexibility index (Phi) is 6.37. The maximum atomic E-state index is 13.9. The highest BCUT2D eigenvalue weighted by molar-refractivity contribution is 6.76. The van der Waals surface area contributed by atoms with Gasteiger partial charge in [0.1, 0.15) is 0 Å². The van der Waals surface area contributed by atoms with Gasteiger partial charge in [0.05, 0.1) is 11.2 Å². The van der Waals surface area contributed by atoms with Crippen molar-refractivity contribution in [3.05, 3.63) is 94.5 Å². The molecule has 0 bridgehead atoms. The van der Waals surface area contributed by atoms with Gasteiger partial charge in [0.25, 0.3) is 0 Å². The zero-order chi connectivity index (χ0) is 25.5. The predicted octanol–water partition coefficient (Wildman–Crippen LogP) is 7.43. The molecular formula is C31H30BF2N3. The number of allylic oxidation sites excluding steroid dienone is 4. The second-order valence-electron chi connectivity index (χ2n) is 10.4. The lowest BCUT2D eigenvalue weighted by molar-refractivity contribution is 0.436. The Bertz CT molecular complexity index is 1500. The summed E-state index contributed by atoms with van der Waals surface area (Å²) in [6, 6.07) is 12.6. The molecule has 3 aromatic rings. The number of nitrogens with two attached hydrogens (primary N) is 1. The van der Waals surface area contributed by atoms with Crippen LogP contribution in [0.5, 0.6) is 0 Å². The number of halogens is 2. The zero-order valence-corrected chi connectivity index (χ0v) is 21.1. The van der Waals surface area contributed by atoms with Crippen molar-refractivity contribution >= 4 is 40.7 Å². The van der Waals surface area contributed by atoms with Gasteiger partial charge in [-0.05, 0) is 71.3 Å². The van der Waals surface area contributed by atoms with E-state index in [1.54, 1.807) is 6.07 Å². The van der Waals surface area contributed by atoms with Crippen molar-refractivity contribution in [2.24, 2.45) is 10.7 Å². The Hall–Kier alpha value is -3.38. The number of aromatic nitrogens is 1. The minimum Gasteiger partial charge on any atom is -0.328 e. The van der Waals surface area contributed by atoms with E-state index in [1.165, 1.54) is 42.4 Å². The molecular weight excluding hydrogens is 463 g/mol. The monoisotopic (exact) mass is 493 g/mol. The molecule has 2 aliphatic heterocycles. The Morgan fingerprint density at radius 1 is 0.973 bits per heavy atom. The third kappa shape index (κ3) is 4.48. The second kappa shape index (κ2) is 9.83. The van der Waals surface area contributed by atoms with Crippen LogP contribution in [0.3, 0.4) is 0 Å². The minimum atomic E-state index is -0.847. The number of fused-ring (bicyclic) bond motifs is 1. The summed E-state index contributed by atoms with van der Waals surface area (Å²) in [5.41, 5.74) is 14.5. The van der Waals surface area contributed by atoms with Gasteiger partial charge in [0.15, 0.2) is 11.6 Å². The molecule has 3 heterocycles. The minimum absolute atomic E-state index is 0.269. The SMILES string of the molecule is CCC1=CC(c2cnc3ccc(C4=C(c5ccc(F)c(F)c5)CC=N4)cc3c2)=CB1[C@@H]1CCCCC1N. The van der Waals surface area contributed by atoms with Gasteiger partial charge < -0.3 is 5.73 Å². The quantitative estimate of drug-likeness (QED) is 0.376. The third-order valence-corrected chi connectivity index (χ3v) is 8.23. The van der Waals surface area contributed by atoms with Crippen LogP contribution in [-0.4, -0.2) is 24.0 Å². The Labute approximate surface area is 217 Å². The van der Waals surface area contributed by atoms with Crippen molar-refractivity contribution in [2.45, 2.75) is 57.3 Å². The Morgan fingerprint density at radius 2 is 1.78 bits per heavy atom. The number of hydrogen-bond donors (Lipinski definition) is 1. The first-order valence-corrected chi connectivity index (χ1v) is 13.3. The van der Waals surface area contributed by atoms with Gasteiger partial charge in [-0.1, -0.05) is 49.9 Å². The molecule has 1 aromatic heterocycles. The molecule has 2 aromatic carbocycles. The standard InChI is InChI=1S/C31H30BF2N3/c1-2-24-15-22(17-32(24)26-5-3-4-6-29(26)35)23-14-21-13-20(8-10-30(21)37-18-23)31-25(11-12-36-31)19-7-9-27(33)28(34)16-19/h7-10,12-18,26,29H,2-6,11,35H2,1H3/t26-,29?/m1/s1. The molecule has 37 heavy (non-hydrogen) atoms. The summed E-state index contributed by atoms with van der Waals surface area (Å²) in [6.07, 6.45) is 12.5. The first-order chi connectivity index (χ1) is 18.0. The molecule has 1 aliphatic carbocycles. The van der Waals surface area contributed by atoms with Crippen LogP contribution in [-0.2, 0) is 0 Å². The van der Waals surface area contributed by atoms with E-state index in [0.717, 1.165) is 46.1 Å². The summed E-state index contributed by atoms with van der Waals surface area (Å²) in [7, 11) is 0. The van der Waals surface area contributed by atoms with Gasteiger partial charge in [0, 0.05) is 35.8 Å². The van der Waals surface area contributed by atoms with Gasteiger partial charge in [-0.15, -0.1) is 5.98 Å². The fourth-order valence-electron chi connectivity index (χ4n) is 6.22. The number of hydrogen-bond acceptors (Lipinski definition) is 3. The van der Waals surface area contributed by atoms with Gasteiger partial charge >= 0.3 is 0 Å². The lowest BCUT2D eigenvalue weighted by Crippen LogP contribution is -2.38. The topological polar surface area (TPSA) is 51.3 Å². The van der Waals surface area contributed by atoms with E-state index in [4.69, 9.17) is 10.7 Å². The average Bonchev–Trinajstić information content (AvgIpc) is 3.58. The molecule has 186 valence electrons. The van der Waals surface area contributed by atoms with Crippen LogP contribution in [0, 0.1) is 11.6 Å². The van der Waals surface area contributed by atoms with Crippen LogP contribution in [0.2, 0.25) is 5.82 Å². The highest BCUT2D eigenvalue weighted by atomic mass is 19.2. The molecule has 2 N–H and O–H groups in total. The maximum absolute atomic E-state index is 13.9. The van der Waals surface area contributed by atoms with Gasteiger partial charge in [0.2, 0.25) is 6.71 Å². The number of rotatable bonds is 5. The summed E-state index contributed by atoms with van der Waals surface area (Å²) in [4.78, 5) is 9.35. The maximum Gasteiger partial charge on any atom is 0.201 e. The lowest BCUT2D eigenvalue weighted by atomic mass is 9.34. The first kappa shape index (κ1) is 24.0. The number of benzene rings is 2. The van der Waals surface area contributed by atoms with Crippen molar-refractivity contribution in [3.63, 3.8) is 0 Å². The van der Waals surface area contributed by atoms with Crippen molar-refractivity contribution in [2.75, 3.05) is 0 Å². The van der Waals surface area contributed by atoms with Crippen molar-refractivity contribution < 1.29 is 8.78 Å². The van der Waals surface area contributed by atoms with Gasteiger partial charge in [-0.3, -0.25) is 9.98 Å². The van der Waals surface area contributed by atoms with Crippen LogP contribution < -0.4 is 5.73 Å². The fourth-order valence-corrected chi connectivity index (χ4v) is 6.22. The van der Waals surface area contributed by atoms with Gasteiger partial charge in [-0.25, -0.2) is 8.78 Å². The van der Waals surface area contributed by atoms with Gasteiger partial charge in [-0.2, -0.15) is 0 Å². The van der Waals surface area contributed by atoms with Crippen molar-refractivity contribution in [1.29, 1.82) is 0 Å². The molecule has 6 rings (SSSR count). The van der Waals surface area contributed by atoms with Crippen LogP contribution >= 0.6 is 0 Å². The Balaban J connectivity index is 1.36. The van der Waals surface area contributed by atoms with E-state index in [1.807, 2.05) is 24.5 Å². The Morgan fingerprint density at radius 3 is 2.59 bits per heavy atom. The van der Waals surface area contributed by atoms with Crippen molar-refractivity contribution in [1.82, 2.24) is 4.98 Å². The van der Waals surface area contributed by atoms with Crippen LogP contribution in [0.1, 0.15) is 62.1 Å². The molecule has 0 spiro atoms. The summed E-state index contributed by atoms with van der Waals surface area (Å²) in [6.45, 7) is 2.64. The van der Waals surface area contributed by atoms with Crippen LogP contribution in [0.15, 0.2) is 71.2 Å². The molecule has 0 amide bonds. The van der Waals surface area contributed by atoms with Crippen LogP contribution in [0.25, 0.3) is 27.7 Å². The average molecular weight is 493 g/mol. The highest BCUT2D eigenvalue weighted by Crippen LogP contribution is 2.40. The van der Waals surface area contributed by atoms with E-state index < -0.39 is 11.6 Å². The molecule has 2 atom stereocenters. The van der Waals surface area contributed by atoms with E-state index in [2.05, 4.69) is 36.1 Å². The summed E-state index contributed by atoms with van der Waals surface area (Å²) in [5.74, 6) is 1.23. The molecule has 3 nitrogen and oxygen atoms in total. The normalized spacial score (nSPS) is 21.7. The molecule has 0 radical (unpaired) electrons. The number of aliphatic imine (C=N–C) groups is 1. The molecule has 1 saturated carbocycles. The summed E-state index contributed by atoms with van der Waals surface area (Å²) < 4.78 is 27.4. The second-order valence-corrected chi connectivity index (χ2v) is 10.4. The largest absolute Gasteiger partial charge is 0.328 e. The van der Waals surface area contributed by atoms with Crippen LogP contribution in [0.4, 0.5) is 8.78 Å². The molecule has 1 unspecified atom stereocenters.